The van der Waals surface area contributed by atoms with E-state index >= 15 is 0 Å². The Kier molecular flexibility index (Phi) is 5.55. The molecule has 0 N–H and O–H groups in total. The quantitative estimate of drug-likeness (QED) is 0.523. The summed E-state index contributed by atoms with van der Waals surface area (Å²) >= 11 is 0. The number of hydrogen-bond donors (Lipinski definition) is 0. The molecule has 0 aliphatic carbocycles. The van der Waals surface area contributed by atoms with Crippen molar-refractivity contribution in [2.24, 2.45) is 0 Å². The second-order valence-corrected chi connectivity index (χ2v) is 9.89. The van der Waals surface area contributed by atoms with Crippen LogP contribution in [0.15, 0.2) is 31.0 Å². The second-order valence-electron chi connectivity index (χ2n) is 7.64. The lowest BCUT2D eigenvalue weighted by molar-refractivity contribution is 0.0160. The van der Waals surface area contributed by atoms with Crippen molar-refractivity contribution in [2.75, 3.05) is 25.4 Å². The van der Waals surface area contributed by atoms with Crippen molar-refractivity contribution in [3.63, 3.8) is 0 Å². The van der Waals surface area contributed by atoms with Crippen LogP contribution in [0.2, 0.25) is 0 Å². The summed E-state index contributed by atoms with van der Waals surface area (Å²) in [5.74, 6) is 0.0402. The molecule has 1 unspecified atom stereocenters. The van der Waals surface area contributed by atoms with Crippen molar-refractivity contribution in [2.45, 2.75) is 39.0 Å². The summed E-state index contributed by atoms with van der Waals surface area (Å²) in [6.07, 6.45) is 6.96. The van der Waals surface area contributed by atoms with Crippen molar-refractivity contribution in [3.8, 4) is 17.3 Å². The van der Waals surface area contributed by atoms with Gasteiger partial charge in [-0.15, -0.1) is 0 Å². The minimum atomic E-state index is -3.30. The highest BCUT2D eigenvalue weighted by Gasteiger charge is 2.49. The Bertz CT molecular complexity index is 1240. The van der Waals surface area contributed by atoms with Gasteiger partial charge in [0, 0.05) is 43.0 Å². The van der Waals surface area contributed by atoms with Crippen LogP contribution in [-0.4, -0.2) is 62.5 Å². The number of sulfonamides is 1. The zero-order valence-corrected chi connectivity index (χ0v) is 18.6. The normalized spacial score (nSPS) is 17.4. The summed E-state index contributed by atoms with van der Waals surface area (Å²) in [4.78, 5) is 8.92. The van der Waals surface area contributed by atoms with E-state index in [0.717, 1.165) is 16.6 Å². The van der Waals surface area contributed by atoms with Gasteiger partial charge in [0.15, 0.2) is 0 Å². The number of nitriles is 1. The predicted octanol–water partition coefficient (Wildman–Crippen LogP) is 2.12. The Labute approximate surface area is 181 Å². The topological polar surface area (TPSA) is 119 Å². The monoisotopic (exact) mass is 443 g/mol. The molecule has 10 nitrogen and oxygen atoms in total. The third-order valence-corrected chi connectivity index (χ3v) is 7.53. The third kappa shape index (κ3) is 3.60. The first kappa shape index (κ1) is 21.4. The molecular formula is C20H25N7O3S. The largest absolute Gasteiger partial charge is 0.357 e. The van der Waals surface area contributed by atoms with Crippen molar-refractivity contribution in [3.05, 3.63) is 31.0 Å². The Balaban J connectivity index is 1.72. The summed E-state index contributed by atoms with van der Waals surface area (Å²) in [6, 6.07) is 4.12. The maximum Gasteiger partial charge on any atom is 0.213 e. The average Bonchev–Trinajstić information content (AvgIpc) is 3.38. The molecule has 1 fully saturated rings. The first-order valence-electron chi connectivity index (χ1n) is 10.2. The fourth-order valence-corrected chi connectivity index (χ4v) is 5.27. The molecule has 1 atom stereocenters. The van der Waals surface area contributed by atoms with Crippen LogP contribution in [-0.2, 0) is 20.3 Å². The highest BCUT2D eigenvalue weighted by atomic mass is 32.2. The van der Waals surface area contributed by atoms with Crippen LogP contribution in [0.4, 0.5) is 0 Å². The molecular weight excluding hydrogens is 418 g/mol. The summed E-state index contributed by atoms with van der Waals surface area (Å²) in [5.41, 5.74) is 1.58. The van der Waals surface area contributed by atoms with E-state index in [1.165, 1.54) is 10.6 Å². The maximum absolute atomic E-state index is 12.2. The van der Waals surface area contributed by atoms with Crippen LogP contribution in [0.5, 0.6) is 0 Å². The Morgan fingerprint density at radius 1 is 1.32 bits per heavy atom. The van der Waals surface area contributed by atoms with Gasteiger partial charge in [0.05, 0.1) is 35.7 Å². The van der Waals surface area contributed by atoms with Crippen LogP contribution in [0.1, 0.15) is 33.4 Å². The van der Waals surface area contributed by atoms with Crippen molar-refractivity contribution >= 4 is 21.1 Å². The van der Waals surface area contributed by atoms with Gasteiger partial charge in [-0.1, -0.05) is 0 Å². The highest BCUT2D eigenvalue weighted by molar-refractivity contribution is 7.89. The lowest BCUT2D eigenvalue weighted by atomic mass is 9.88. The number of aromatic nitrogens is 5. The summed E-state index contributed by atoms with van der Waals surface area (Å²) in [7, 11) is -3.30. The molecule has 0 bridgehead atoms. The second kappa shape index (κ2) is 8.03. The smallest absolute Gasteiger partial charge is 0.213 e. The third-order valence-electron chi connectivity index (χ3n) is 5.76. The molecule has 4 rings (SSSR count). The van der Waals surface area contributed by atoms with E-state index in [4.69, 9.17) is 4.74 Å². The maximum atomic E-state index is 12.2. The van der Waals surface area contributed by atoms with E-state index in [1.807, 2.05) is 36.9 Å². The van der Waals surface area contributed by atoms with Gasteiger partial charge in [0.2, 0.25) is 10.0 Å². The van der Waals surface area contributed by atoms with Gasteiger partial charge in [0.25, 0.3) is 0 Å². The van der Waals surface area contributed by atoms with Crippen LogP contribution in [0.3, 0.4) is 0 Å². The molecule has 11 heteroatoms. The molecule has 31 heavy (non-hydrogen) atoms. The zero-order valence-electron chi connectivity index (χ0n) is 17.8. The molecule has 1 aliphatic rings. The molecule has 164 valence electrons. The van der Waals surface area contributed by atoms with Crippen LogP contribution in [0, 0.1) is 11.3 Å². The van der Waals surface area contributed by atoms with E-state index < -0.39 is 15.6 Å². The van der Waals surface area contributed by atoms with Gasteiger partial charge in [-0.3, -0.25) is 0 Å². The van der Waals surface area contributed by atoms with Gasteiger partial charge < -0.3 is 9.30 Å². The van der Waals surface area contributed by atoms with E-state index in [9.17, 15) is 13.7 Å². The Morgan fingerprint density at radius 2 is 2.10 bits per heavy atom. The fraction of sp³-hybridized carbons (Fsp3) is 0.500. The van der Waals surface area contributed by atoms with Crippen LogP contribution in [0.25, 0.3) is 22.3 Å². The van der Waals surface area contributed by atoms with E-state index in [2.05, 4.69) is 21.1 Å². The van der Waals surface area contributed by atoms with Crippen LogP contribution < -0.4 is 0 Å². The molecule has 0 spiro atoms. The fourth-order valence-electron chi connectivity index (χ4n) is 4.03. The molecule has 3 aromatic heterocycles. The summed E-state index contributed by atoms with van der Waals surface area (Å²) in [6.45, 7) is 6.57. The molecule has 1 aliphatic heterocycles. The molecule has 3 aromatic rings. The zero-order chi connectivity index (χ0) is 22.2. The number of hydrogen-bond acceptors (Lipinski definition) is 7. The minimum Gasteiger partial charge on any atom is -0.357 e. The molecule has 0 saturated carbocycles. The Morgan fingerprint density at radius 3 is 2.77 bits per heavy atom. The number of fused-ring (bicyclic) bond motifs is 1. The molecule has 0 amide bonds. The lowest BCUT2D eigenvalue weighted by Crippen LogP contribution is -2.64. The average molecular weight is 444 g/mol. The molecule has 0 aromatic carbocycles. The predicted molar refractivity (Wildman–Crippen MR) is 114 cm³/mol. The lowest BCUT2D eigenvalue weighted by Gasteiger charge is -2.49. The highest BCUT2D eigenvalue weighted by Crippen LogP contribution is 2.38. The van der Waals surface area contributed by atoms with E-state index in [-0.39, 0.29) is 31.5 Å². The first-order chi connectivity index (χ1) is 14.8. The molecule has 4 heterocycles. The van der Waals surface area contributed by atoms with E-state index in [1.54, 1.807) is 17.8 Å². The van der Waals surface area contributed by atoms with Gasteiger partial charge in [-0.05, 0) is 26.8 Å². The number of ether oxygens (including phenoxy) is 1. The van der Waals surface area contributed by atoms with Crippen LogP contribution >= 0.6 is 0 Å². The minimum absolute atomic E-state index is 0.0402. The van der Waals surface area contributed by atoms with Gasteiger partial charge in [-0.2, -0.15) is 14.7 Å². The van der Waals surface area contributed by atoms with Crippen molar-refractivity contribution in [1.82, 2.24) is 28.6 Å². The first-order valence-corrected chi connectivity index (χ1v) is 11.8. The SMILES string of the molecule is CCOC(C)n1cc(-c2ncnc3c2ccn3C2(CC#N)CN(S(=O)(=O)CC)C2)cn1. The van der Waals surface area contributed by atoms with Gasteiger partial charge in [-0.25, -0.2) is 23.1 Å². The van der Waals surface area contributed by atoms with Gasteiger partial charge >= 0.3 is 0 Å². The number of rotatable bonds is 8. The number of nitrogens with zero attached hydrogens (tertiary/aromatic N) is 7. The Hall–Kier alpha value is -2.81. The summed E-state index contributed by atoms with van der Waals surface area (Å²) in [5, 5.41) is 14.6. The van der Waals surface area contributed by atoms with Crippen molar-refractivity contribution < 1.29 is 13.2 Å². The standard InChI is InChI=1S/C20H25N7O3S/c1-4-30-15(3)27-11-16(10-24-27)18-17-6-9-26(19(17)23-14-22-18)20(7-8-21)12-25(13-20)31(28,29)5-2/h6,9-11,14-15H,4-5,7,12-13H2,1-3H3. The van der Waals surface area contributed by atoms with E-state index in [0.29, 0.717) is 12.3 Å². The molecule has 1 saturated heterocycles. The summed E-state index contributed by atoms with van der Waals surface area (Å²) < 4.78 is 35.2. The molecule has 0 radical (unpaired) electrons. The van der Waals surface area contributed by atoms with Gasteiger partial charge in [0.1, 0.15) is 18.2 Å². The van der Waals surface area contributed by atoms with Crippen molar-refractivity contribution in [1.29, 1.82) is 5.26 Å².